The van der Waals surface area contributed by atoms with Crippen LogP contribution in [0.1, 0.15) is 25.3 Å². The lowest BCUT2D eigenvalue weighted by atomic mass is 9.99. The maximum atomic E-state index is 10.1. The fraction of sp³-hybridized carbons (Fsp3) is 0.176. The van der Waals surface area contributed by atoms with E-state index in [9.17, 15) is 5.11 Å². The molecular weight excluding hydrogens is 248 g/mol. The van der Waals surface area contributed by atoms with Crippen molar-refractivity contribution in [3.8, 4) is 17.0 Å². The van der Waals surface area contributed by atoms with Gasteiger partial charge in [0.05, 0.1) is 11.2 Å². The van der Waals surface area contributed by atoms with Gasteiger partial charge in [0, 0.05) is 10.9 Å². The van der Waals surface area contributed by atoms with Crippen LogP contribution in [0.5, 0.6) is 5.75 Å². The van der Waals surface area contributed by atoms with Crippen molar-refractivity contribution in [3.05, 3.63) is 54.1 Å². The van der Waals surface area contributed by atoms with Gasteiger partial charge in [-0.2, -0.15) is 0 Å². The second-order valence-corrected chi connectivity index (χ2v) is 5.22. The van der Waals surface area contributed by atoms with Crippen LogP contribution in [-0.4, -0.2) is 15.3 Å². The molecule has 1 aromatic heterocycles. The van der Waals surface area contributed by atoms with Crippen LogP contribution in [0.15, 0.2) is 48.5 Å². The highest BCUT2D eigenvalue weighted by atomic mass is 16.3. The van der Waals surface area contributed by atoms with Crippen LogP contribution in [0.2, 0.25) is 0 Å². The lowest BCUT2D eigenvalue weighted by Crippen LogP contribution is -1.92. The topological polar surface area (TPSA) is 46.0 Å². The van der Waals surface area contributed by atoms with Gasteiger partial charge in [-0.1, -0.05) is 44.2 Å². The number of nitrogens with zero attached hydrogens (tertiary/aromatic N) is 2. The van der Waals surface area contributed by atoms with E-state index < -0.39 is 0 Å². The van der Waals surface area contributed by atoms with Crippen molar-refractivity contribution in [1.29, 1.82) is 0 Å². The first kappa shape index (κ1) is 12.6. The molecule has 100 valence electrons. The van der Waals surface area contributed by atoms with Crippen LogP contribution < -0.4 is 0 Å². The van der Waals surface area contributed by atoms with Gasteiger partial charge in [0.2, 0.25) is 0 Å². The molecule has 0 atom stereocenters. The van der Waals surface area contributed by atoms with E-state index >= 15 is 0 Å². The fourth-order valence-corrected chi connectivity index (χ4v) is 2.32. The highest BCUT2D eigenvalue weighted by Gasteiger charge is 2.09. The average Bonchev–Trinajstić information content (AvgIpc) is 2.46. The molecule has 0 unspecified atom stereocenters. The van der Waals surface area contributed by atoms with Crippen LogP contribution in [0.25, 0.3) is 22.2 Å². The first-order valence-corrected chi connectivity index (χ1v) is 6.71. The maximum Gasteiger partial charge on any atom is 0.119 e. The van der Waals surface area contributed by atoms with E-state index in [0.717, 1.165) is 27.7 Å². The van der Waals surface area contributed by atoms with Crippen LogP contribution in [-0.2, 0) is 0 Å². The van der Waals surface area contributed by atoms with E-state index in [1.54, 1.807) is 6.07 Å². The number of phenols is 1. The van der Waals surface area contributed by atoms with E-state index in [0.29, 0.717) is 11.7 Å². The quantitative estimate of drug-likeness (QED) is 0.757. The third kappa shape index (κ3) is 2.23. The highest BCUT2D eigenvalue weighted by molar-refractivity contribution is 5.81. The Morgan fingerprint density at radius 1 is 0.950 bits per heavy atom. The number of aromatic nitrogens is 2. The zero-order chi connectivity index (χ0) is 14.1. The van der Waals surface area contributed by atoms with Crippen LogP contribution in [0.3, 0.4) is 0 Å². The Morgan fingerprint density at radius 2 is 1.75 bits per heavy atom. The molecule has 1 N–H and O–H groups in total. The molecule has 0 radical (unpaired) electrons. The summed E-state index contributed by atoms with van der Waals surface area (Å²) < 4.78 is 0. The Bertz CT molecular complexity index is 766. The first-order chi connectivity index (χ1) is 9.65. The summed E-state index contributed by atoms with van der Waals surface area (Å²) in [6, 6.07) is 15.6. The second kappa shape index (κ2) is 4.93. The third-order valence-electron chi connectivity index (χ3n) is 3.44. The number of hydrogen-bond donors (Lipinski definition) is 1. The van der Waals surface area contributed by atoms with E-state index in [4.69, 9.17) is 0 Å². The molecule has 0 fully saturated rings. The van der Waals surface area contributed by atoms with E-state index in [1.807, 2.05) is 42.5 Å². The Kier molecular flexibility index (Phi) is 3.11. The normalized spacial score (nSPS) is 11.2. The van der Waals surface area contributed by atoms with Crippen LogP contribution in [0, 0.1) is 0 Å². The monoisotopic (exact) mass is 264 g/mol. The summed E-state index contributed by atoms with van der Waals surface area (Å²) in [6.07, 6.45) is 0. The molecule has 2 aromatic carbocycles. The van der Waals surface area contributed by atoms with Gasteiger partial charge in [0.1, 0.15) is 5.75 Å². The summed E-state index contributed by atoms with van der Waals surface area (Å²) in [4.78, 5) is 0. The summed E-state index contributed by atoms with van der Waals surface area (Å²) >= 11 is 0. The Hall–Kier alpha value is -2.42. The van der Waals surface area contributed by atoms with Gasteiger partial charge in [-0.15, -0.1) is 10.2 Å². The highest BCUT2D eigenvalue weighted by Crippen LogP contribution is 2.30. The van der Waals surface area contributed by atoms with Crippen molar-refractivity contribution in [3.63, 3.8) is 0 Å². The van der Waals surface area contributed by atoms with Gasteiger partial charge >= 0.3 is 0 Å². The molecule has 0 aliphatic carbocycles. The Balaban J connectivity index is 2.08. The zero-order valence-corrected chi connectivity index (χ0v) is 11.5. The molecule has 0 aliphatic heterocycles. The Morgan fingerprint density at radius 3 is 2.50 bits per heavy atom. The molecule has 3 aromatic rings. The molecule has 0 spiro atoms. The molecule has 3 rings (SSSR count). The van der Waals surface area contributed by atoms with Crippen molar-refractivity contribution in [2.75, 3.05) is 0 Å². The fourth-order valence-electron chi connectivity index (χ4n) is 2.32. The standard InChI is InChI=1S/C17H16N2O/c1-11(2)14-8-7-13(10-17(14)20)16-9-12-5-3-4-6-15(12)18-19-16/h3-11,20H,1-2H3. The largest absolute Gasteiger partial charge is 0.508 e. The molecule has 0 saturated heterocycles. The molecule has 0 aliphatic rings. The number of benzene rings is 2. The summed E-state index contributed by atoms with van der Waals surface area (Å²) in [7, 11) is 0. The molecule has 20 heavy (non-hydrogen) atoms. The maximum absolute atomic E-state index is 10.1. The molecule has 0 bridgehead atoms. The van der Waals surface area contributed by atoms with Gasteiger partial charge in [-0.05, 0) is 29.7 Å². The van der Waals surface area contributed by atoms with Crippen LogP contribution >= 0.6 is 0 Å². The van der Waals surface area contributed by atoms with Gasteiger partial charge in [0.15, 0.2) is 0 Å². The number of rotatable bonds is 2. The number of aromatic hydroxyl groups is 1. The lowest BCUT2D eigenvalue weighted by molar-refractivity contribution is 0.465. The van der Waals surface area contributed by atoms with Crippen LogP contribution in [0.4, 0.5) is 0 Å². The summed E-state index contributed by atoms with van der Waals surface area (Å²) in [5.41, 5.74) is 3.47. The minimum absolute atomic E-state index is 0.298. The van der Waals surface area contributed by atoms with E-state index in [2.05, 4.69) is 24.0 Å². The van der Waals surface area contributed by atoms with Crippen molar-refractivity contribution < 1.29 is 5.11 Å². The predicted molar refractivity (Wildman–Crippen MR) is 80.7 cm³/mol. The molecule has 0 amide bonds. The molecule has 0 saturated carbocycles. The van der Waals surface area contributed by atoms with Gasteiger partial charge in [-0.25, -0.2) is 0 Å². The lowest BCUT2D eigenvalue weighted by Gasteiger charge is -2.10. The minimum Gasteiger partial charge on any atom is -0.508 e. The van der Waals surface area contributed by atoms with Gasteiger partial charge in [0.25, 0.3) is 0 Å². The van der Waals surface area contributed by atoms with Crippen molar-refractivity contribution in [1.82, 2.24) is 10.2 Å². The molecule has 1 heterocycles. The third-order valence-corrected chi connectivity index (χ3v) is 3.44. The molecule has 3 nitrogen and oxygen atoms in total. The first-order valence-electron chi connectivity index (χ1n) is 6.71. The SMILES string of the molecule is CC(C)c1ccc(-c2cc3ccccc3nn2)cc1O. The van der Waals surface area contributed by atoms with Gasteiger partial charge < -0.3 is 5.11 Å². The van der Waals surface area contributed by atoms with Gasteiger partial charge in [-0.3, -0.25) is 0 Å². The van der Waals surface area contributed by atoms with E-state index in [1.165, 1.54) is 0 Å². The predicted octanol–water partition coefficient (Wildman–Crippen LogP) is 4.13. The minimum atomic E-state index is 0.298. The summed E-state index contributed by atoms with van der Waals surface area (Å²) in [5.74, 6) is 0.610. The van der Waals surface area contributed by atoms with Crippen molar-refractivity contribution in [2.45, 2.75) is 19.8 Å². The Labute approximate surface area is 117 Å². The molecule has 3 heteroatoms. The second-order valence-electron chi connectivity index (χ2n) is 5.22. The summed E-state index contributed by atoms with van der Waals surface area (Å²) in [6.45, 7) is 4.12. The van der Waals surface area contributed by atoms with E-state index in [-0.39, 0.29) is 0 Å². The average molecular weight is 264 g/mol. The summed E-state index contributed by atoms with van der Waals surface area (Å²) in [5, 5.41) is 19.6. The zero-order valence-electron chi connectivity index (χ0n) is 11.5. The van der Waals surface area contributed by atoms with Crippen molar-refractivity contribution >= 4 is 10.9 Å². The number of fused-ring (bicyclic) bond motifs is 1. The number of phenolic OH excluding ortho intramolecular Hbond substituents is 1. The molecular formula is C17H16N2O. The smallest absolute Gasteiger partial charge is 0.119 e. The number of hydrogen-bond acceptors (Lipinski definition) is 3. The van der Waals surface area contributed by atoms with Crippen molar-refractivity contribution in [2.24, 2.45) is 0 Å².